The second kappa shape index (κ2) is 10.1. The van der Waals surface area contributed by atoms with Crippen LogP contribution in [0.4, 0.5) is 5.82 Å². The van der Waals surface area contributed by atoms with Crippen molar-refractivity contribution in [1.82, 2.24) is 19.8 Å². The van der Waals surface area contributed by atoms with E-state index in [9.17, 15) is 9.90 Å². The Kier molecular flexibility index (Phi) is 7.46. The van der Waals surface area contributed by atoms with Crippen molar-refractivity contribution < 1.29 is 14.6 Å². The normalized spacial score (nSPS) is 18.8. The van der Waals surface area contributed by atoms with Crippen molar-refractivity contribution >= 4 is 11.7 Å². The molecule has 1 aliphatic rings. The zero-order chi connectivity index (χ0) is 22.4. The Hall–Kier alpha value is -2.71. The average Bonchev–Trinajstić information content (AvgIpc) is 2.73. The van der Waals surface area contributed by atoms with E-state index in [0.29, 0.717) is 25.1 Å². The molecule has 1 N–H and O–H groups in total. The van der Waals surface area contributed by atoms with Crippen LogP contribution in [0, 0.1) is 6.92 Å². The summed E-state index contributed by atoms with van der Waals surface area (Å²) in [6.45, 7) is 4.86. The molecule has 31 heavy (non-hydrogen) atoms. The first-order chi connectivity index (χ1) is 14.8. The highest BCUT2D eigenvalue weighted by molar-refractivity contribution is 5.94. The number of aliphatic hydroxyl groups is 1. The Bertz CT molecular complexity index is 874. The lowest BCUT2D eigenvalue weighted by atomic mass is 9.92. The molecule has 0 saturated carbocycles. The van der Waals surface area contributed by atoms with Crippen molar-refractivity contribution in [2.45, 2.75) is 25.4 Å². The Morgan fingerprint density at radius 2 is 1.97 bits per heavy atom. The zero-order valence-corrected chi connectivity index (χ0v) is 18.9. The number of amides is 1. The standard InChI is InChI=1S/C23H33N5O3/c1-18-14-21(25-17-24-18)28-11-5-10-23(30,16-28)15-27(4)22(29)19-6-8-20(9-7-19)31-13-12-26(2)3/h6-9,14,17,30H,5,10-13,15-16H2,1-4H3/t23-/m0/s1. The van der Waals surface area contributed by atoms with Crippen molar-refractivity contribution in [3.8, 4) is 5.75 Å². The lowest BCUT2D eigenvalue weighted by Crippen LogP contribution is -2.54. The van der Waals surface area contributed by atoms with Crippen LogP contribution in [0.1, 0.15) is 28.9 Å². The highest BCUT2D eigenvalue weighted by Gasteiger charge is 2.36. The van der Waals surface area contributed by atoms with Gasteiger partial charge in [0.05, 0.1) is 12.1 Å². The highest BCUT2D eigenvalue weighted by atomic mass is 16.5. The predicted molar refractivity (Wildman–Crippen MR) is 121 cm³/mol. The summed E-state index contributed by atoms with van der Waals surface area (Å²) in [5, 5.41) is 11.2. The summed E-state index contributed by atoms with van der Waals surface area (Å²) in [4.78, 5) is 27.1. The molecule has 1 aliphatic heterocycles. The van der Waals surface area contributed by atoms with Crippen LogP contribution in [0.25, 0.3) is 0 Å². The molecule has 0 bridgehead atoms. The Morgan fingerprint density at radius 3 is 2.65 bits per heavy atom. The number of β-amino-alcohol motifs (C(OH)–C–C–N with tert-alkyl or cyclic N) is 1. The van der Waals surface area contributed by atoms with Crippen molar-refractivity contribution in [2.75, 3.05) is 58.8 Å². The summed E-state index contributed by atoms with van der Waals surface area (Å²) in [5.74, 6) is 1.43. The summed E-state index contributed by atoms with van der Waals surface area (Å²) >= 11 is 0. The van der Waals surface area contributed by atoms with Gasteiger partial charge in [-0.3, -0.25) is 4.79 Å². The summed E-state index contributed by atoms with van der Waals surface area (Å²) < 4.78 is 5.69. The minimum absolute atomic E-state index is 0.122. The fraction of sp³-hybridized carbons (Fsp3) is 0.522. The lowest BCUT2D eigenvalue weighted by molar-refractivity contribution is -0.000142. The van der Waals surface area contributed by atoms with Crippen LogP contribution in [0.2, 0.25) is 0 Å². The van der Waals surface area contributed by atoms with E-state index in [-0.39, 0.29) is 12.5 Å². The largest absolute Gasteiger partial charge is 0.492 e. The van der Waals surface area contributed by atoms with Crippen LogP contribution in [0.5, 0.6) is 5.75 Å². The third-order valence-corrected chi connectivity index (χ3v) is 5.46. The van der Waals surface area contributed by atoms with Crippen LogP contribution in [-0.4, -0.2) is 90.3 Å². The molecule has 8 nitrogen and oxygen atoms in total. The van der Waals surface area contributed by atoms with E-state index >= 15 is 0 Å². The van der Waals surface area contributed by atoms with Crippen LogP contribution in [0.15, 0.2) is 36.7 Å². The SMILES string of the molecule is Cc1cc(N2CCC[C@](O)(CN(C)C(=O)c3ccc(OCCN(C)C)cc3)C2)ncn1. The maximum atomic E-state index is 12.9. The first-order valence-electron chi connectivity index (χ1n) is 10.6. The summed E-state index contributed by atoms with van der Waals surface area (Å²) in [5.41, 5.74) is 0.474. The molecule has 1 fully saturated rings. The number of carbonyl (C=O) groups is 1. The van der Waals surface area contributed by atoms with Crippen LogP contribution in [-0.2, 0) is 0 Å². The predicted octanol–water partition coefficient (Wildman–Crippen LogP) is 1.83. The Balaban J connectivity index is 1.59. The molecule has 8 heteroatoms. The summed E-state index contributed by atoms with van der Waals surface area (Å²) in [7, 11) is 5.72. The van der Waals surface area contributed by atoms with E-state index in [1.54, 1.807) is 30.4 Å². The first-order valence-corrected chi connectivity index (χ1v) is 10.6. The number of nitrogens with zero attached hydrogens (tertiary/aromatic N) is 5. The molecule has 0 spiro atoms. The molecule has 1 atom stereocenters. The fourth-order valence-electron chi connectivity index (χ4n) is 3.82. The van der Waals surface area contributed by atoms with Gasteiger partial charge in [0, 0.05) is 44.0 Å². The molecule has 1 saturated heterocycles. The number of rotatable bonds is 8. The van der Waals surface area contributed by atoms with Crippen molar-refractivity contribution in [3.63, 3.8) is 0 Å². The van der Waals surface area contributed by atoms with Gasteiger partial charge in [-0.05, 0) is 58.1 Å². The van der Waals surface area contributed by atoms with E-state index < -0.39 is 5.60 Å². The van der Waals surface area contributed by atoms with Gasteiger partial charge in [0.2, 0.25) is 0 Å². The van der Waals surface area contributed by atoms with Crippen molar-refractivity contribution in [1.29, 1.82) is 0 Å². The minimum atomic E-state index is -0.989. The topological polar surface area (TPSA) is 82.0 Å². The monoisotopic (exact) mass is 427 g/mol. The molecule has 0 radical (unpaired) electrons. The number of hydrogen-bond donors (Lipinski definition) is 1. The number of anilines is 1. The molecule has 168 valence electrons. The second-order valence-electron chi connectivity index (χ2n) is 8.60. The quantitative estimate of drug-likeness (QED) is 0.688. The van der Waals surface area contributed by atoms with Gasteiger partial charge in [-0.1, -0.05) is 0 Å². The second-order valence-corrected chi connectivity index (χ2v) is 8.60. The molecule has 1 aromatic heterocycles. The first kappa shape index (κ1) is 23.0. The summed E-state index contributed by atoms with van der Waals surface area (Å²) in [6.07, 6.45) is 3.02. The molecule has 1 amide bonds. The van der Waals surface area contributed by atoms with Crippen LogP contribution < -0.4 is 9.64 Å². The van der Waals surface area contributed by atoms with Gasteiger partial charge in [0.15, 0.2) is 0 Å². The Morgan fingerprint density at radius 1 is 1.23 bits per heavy atom. The molecular weight excluding hydrogens is 394 g/mol. The minimum Gasteiger partial charge on any atom is -0.492 e. The molecule has 3 rings (SSSR count). The van der Waals surface area contributed by atoms with Gasteiger partial charge in [-0.15, -0.1) is 0 Å². The van der Waals surface area contributed by atoms with E-state index in [1.807, 2.05) is 39.2 Å². The van der Waals surface area contributed by atoms with Gasteiger partial charge in [0.1, 0.15) is 24.5 Å². The molecule has 2 heterocycles. The molecule has 1 aromatic carbocycles. The average molecular weight is 428 g/mol. The third-order valence-electron chi connectivity index (χ3n) is 5.46. The fourth-order valence-corrected chi connectivity index (χ4v) is 3.82. The van der Waals surface area contributed by atoms with E-state index in [0.717, 1.165) is 36.8 Å². The zero-order valence-electron chi connectivity index (χ0n) is 18.9. The number of ether oxygens (including phenoxy) is 1. The van der Waals surface area contributed by atoms with Gasteiger partial charge in [0.25, 0.3) is 5.91 Å². The number of benzene rings is 1. The van der Waals surface area contributed by atoms with Gasteiger partial charge in [-0.25, -0.2) is 9.97 Å². The van der Waals surface area contributed by atoms with E-state index in [2.05, 4.69) is 19.8 Å². The molecule has 0 aliphatic carbocycles. The maximum Gasteiger partial charge on any atom is 0.253 e. The van der Waals surface area contributed by atoms with E-state index in [4.69, 9.17) is 4.74 Å². The smallest absolute Gasteiger partial charge is 0.253 e. The lowest BCUT2D eigenvalue weighted by Gasteiger charge is -2.41. The molecular formula is C23H33N5O3. The number of aryl methyl sites for hydroxylation is 1. The molecule has 0 unspecified atom stereocenters. The number of piperidine rings is 1. The number of aromatic nitrogens is 2. The van der Waals surface area contributed by atoms with Crippen LogP contribution in [0.3, 0.4) is 0 Å². The number of hydrogen-bond acceptors (Lipinski definition) is 7. The summed E-state index contributed by atoms with van der Waals surface area (Å²) in [6, 6.07) is 9.08. The molecule has 2 aromatic rings. The highest BCUT2D eigenvalue weighted by Crippen LogP contribution is 2.26. The van der Waals surface area contributed by atoms with Gasteiger partial charge in [-0.2, -0.15) is 0 Å². The van der Waals surface area contributed by atoms with Gasteiger partial charge < -0.3 is 24.5 Å². The van der Waals surface area contributed by atoms with Crippen molar-refractivity contribution in [2.24, 2.45) is 0 Å². The Labute approximate surface area is 184 Å². The van der Waals surface area contributed by atoms with Crippen LogP contribution >= 0.6 is 0 Å². The van der Waals surface area contributed by atoms with Gasteiger partial charge >= 0.3 is 0 Å². The number of carbonyl (C=O) groups excluding carboxylic acids is 1. The van der Waals surface area contributed by atoms with E-state index in [1.165, 1.54) is 0 Å². The third kappa shape index (κ3) is 6.38. The van der Waals surface area contributed by atoms with Crippen molar-refractivity contribution in [3.05, 3.63) is 47.9 Å². The maximum absolute atomic E-state index is 12.9. The number of likely N-dealkylation sites (N-methyl/N-ethyl adjacent to an activating group) is 2.